The van der Waals surface area contributed by atoms with Gasteiger partial charge in [0.15, 0.2) is 0 Å². The number of carbonyl (C=O) groups excluding carboxylic acids is 2. The molecule has 0 spiro atoms. The minimum atomic E-state index is -0.632. The third-order valence-corrected chi connectivity index (χ3v) is 5.04. The van der Waals surface area contributed by atoms with E-state index in [1.165, 1.54) is 4.57 Å². The molecule has 0 fully saturated rings. The Morgan fingerprint density at radius 1 is 0.966 bits per heavy atom. The normalized spacial score (nSPS) is 13.0. The molecule has 1 aromatic carbocycles. The number of pyridine rings is 2. The van der Waals surface area contributed by atoms with Gasteiger partial charge < -0.3 is 10.7 Å². The number of fused-ring (bicyclic) bond motifs is 2. The van der Waals surface area contributed by atoms with Crippen LogP contribution in [0, 0.1) is 0 Å². The first-order valence-electron chi connectivity index (χ1n) is 8.60. The van der Waals surface area contributed by atoms with Gasteiger partial charge >= 0.3 is 0 Å². The van der Waals surface area contributed by atoms with Gasteiger partial charge in [0, 0.05) is 11.6 Å². The van der Waals surface area contributed by atoms with E-state index in [1.54, 1.807) is 18.2 Å². The van der Waals surface area contributed by atoms with Crippen molar-refractivity contribution in [3.63, 3.8) is 0 Å². The standard InChI is InChI=1S/C20H12ClN5O3/c21-15-6-5-11-13(24-15)8-12(23-11)9-3-1-2-4-14(9)26-16(27)7-10-17(18(26)22)20(29)25-19(10)28/h1-8,23H,22H2,(H,25,28,29). The highest BCUT2D eigenvalue weighted by Crippen LogP contribution is 2.31. The second-order valence-electron chi connectivity index (χ2n) is 6.54. The number of benzene rings is 1. The number of nitrogens with zero attached hydrogens (tertiary/aromatic N) is 2. The zero-order valence-corrected chi connectivity index (χ0v) is 15.4. The number of rotatable bonds is 2. The monoisotopic (exact) mass is 405 g/mol. The van der Waals surface area contributed by atoms with Crippen LogP contribution < -0.4 is 16.6 Å². The summed E-state index contributed by atoms with van der Waals surface area (Å²) in [6.45, 7) is 0. The highest BCUT2D eigenvalue weighted by Gasteiger charge is 2.32. The van der Waals surface area contributed by atoms with E-state index in [2.05, 4.69) is 15.3 Å². The van der Waals surface area contributed by atoms with Crippen molar-refractivity contribution in [1.82, 2.24) is 19.9 Å². The summed E-state index contributed by atoms with van der Waals surface area (Å²) >= 11 is 5.97. The van der Waals surface area contributed by atoms with E-state index in [9.17, 15) is 14.4 Å². The van der Waals surface area contributed by atoms with Crippen LogP contribution >= 0.6 is 11.6 Å². The minimum absolute atomic E-state index is 0.00509. The van der Waals surface area contributed by atoms with Crippen LogP contribution in [0.1, 0.15) is 20.7 Å². The second kappa shape index (κ2) is 6.05. The van der Waals surface area contributed by atoms with Crippen LogP contribution in [0.15, 0.2) is 53.3 Å². The van der Waals surface area contributed by atoms with Crippen molar-refractivity contribution >= 4 is 40.3 Å². The summed E-state index contributed by atoms with van der Waals surface area (Å²) in [6, 6.07) is 13.5. The molecule has 0 saturated carbocycles. The van der Waals surface area contributed by atoms with E-state index in [1.807, 2.05) is 24.3 Å². The van der Waals surface area contributed by atoms with Crippen molar-refractivity contribution in [3.05, 3.63) is 75.2 Å². The van der Waals surface area contributed by atoms with E-state index >= 15 is 0 Å². The maximum absolute atomic E-state index is 12.8. The Morgan fingerprint density at radius 2 is 1.76 bits per heavy atom. The molecule has 2 amide bonds. The van der Waals surface area contributed by atoms with Crippen molar-refractivity contribution in [1.29, 1.82) is 0 Å². The number of amides is 2. The molecule has 142 valence electrons. The summed E-state index contributed by atoms with van der Waals surface area (Å²) in [7, 11) is 0. The number of nitrogens with one attached hydrogen (secondary N) is 2. The van der Waals surface area contributed by atoms with Crippen LogP contribution in [0.5, 0.6) is 0 Å². The molecular weight excluding hydrogens is 394 g/mol. The van der Waals surface area contributed by atoms with Crippen molar-refractivity contribution in [2.45, 2.75) is 0 Å². The number of hydrogen-bond acceptors (Lipinski definition) is 5. The molecule has 1 aliphatic heterocycles. The number of anilines is 1. The Hall–Kier alpha value is -3.91. The van der Waals surface area contributed by atoms with Crippen LogP contribution in [-0.4, -0.2) is 26.3 Å². The first-order chi connectivity index (χ1) is 13.9. The number of hydrogen-bond donors (Lipinski definition) is 3. The molecule has 29 heavy (non-hydrogen) atoms. The quantitative estimate of drug-likeness (QED) is 0.349. The topological polar surface area (TPSA) is 123 Å². The number of aromatic nitrogens is 3. The minimum Gasteiger partial charge on any atom is -0.384 e. The number of aromatic amines is 1. The first-order valence-corrected chi connectivity index (χ1v) is 8.98. The van der Waals surface area contributed by atoms with E-state index in [-0.39, 0.29) is 16.9 Å². The molecule has 0 aliphatic carbocycles. The van der Waals surface area contributed by atoms with Gasteiger partial charge in [-0.2, -0.15) is 0 Å². The summed E-state index contributed by atoms with van der Waals surface area (Å²) < 4.78 is 1.22. The molecule has 8 nitrogen and oxygen atoms in total. The highest BCUT2D eigenvalue weighted by atomic mass is 35.5. The van der Waals surface area contributed by atoms with E-state index in [0.717, 1.165) is 11.6 Å². The fourth-order valence-corrected chi connectivity index (χ4v) is 3.71. The van der Waals surface area contributed by atoms with E-state index in [4.69, 9.17) is 17.3 Å². The van der Waals surface area contributed by atoms with Gasteiger partial charge in [-0.1, -0.05) is 29.8 Å². The number of imide groups is 1. The number of halogens is 1. The molecule has 0 saturated heterocycles. The number of nitrogen functional groups attached to an aromatic ring is 1. The predicted octanol–water partition coefficient (Wildman–Crippen LogP) is 2.50. The maximum atomic E-state index is 12.8. The molecule has 0 radical (unpaired) electrons. The Morgan fingerprint density at radius 3 is 2.59 bits per heavy atom. The van der Waals surface area contributed by atoms with Crippen molar-refractivity contribution in [2.24, 2.45) is 0 Å². The maximum Gasteiger partial charge on any atom is 0.262 e. The van der Waals surface area contributed by atoms with Crippen molar-refractivity contribution in [2.75, 3.05) is 5.73 Å². The van der Waals surface area contributed by atoms with E-state index < -0.39 is 17.4 Å². The largest absolute Gasteiger partial charge is 0.384 e. The summed E-state index contributed by atoms with van der Waals surface area (Å²) in [5, 5.41) is 2.53. The molecule has 1 aliphatic rings. The van der Waals surface area contributed by atoms with Gasteiger partial charge in [0.2, 0.25) is 0 Å². The van der Waals surface area contributed by atoms with Gasteiger partial charge in [0.1, 0.15) is 11.0 Å². The highest BCUT2D eigenvalue weighted by molar-refractivity contribution is 6.29. The average molecular weight is 406 g/mol. The van der Waals surface area contributed by atoms with Crippen LogP contribution in [0.25, 0.3) is 28.0 Å². The van der Waals surface area contributed by atoms with Gasteiger partial charge in [0.25, 0.3) is 17.4 Å². The predicted molar refractivity (Wildman–Crippen MR) is 108 cm³/mol. The van der Waals surface area contributed by atoms with E-state index in [0.29, 0.717) is 27.6 Å². The Kier molecular flexibility index (Phi) is 3.59. The van der Waals surface area contributed by atoms with Crippen molar-refractivity contribution < 1.29 is 9.59 Å². The molecule has 0 atom stereocenters. The fraction of sp³-hybridized carbons (Fsp3) is 0. The van der Waals surface area contributed by atoms with Crippen LogP contribution in [0.3, 0.4) is 0 Å². The van der Waals surface area contributed by atoms with Crippen LogP contribution in [0.2, 0.25) is 5.15 Å². The number of para-hydroxylation sites is 1. The zero-order chi connectivity index (χ0) is 20.3. The third-order valence-electron chi connectivity index (χ3n) is 4.83. The lowest BCUT2D eigenvalue weighted by molar-refractivity contribution is 0.0880. The molecule has 5 rings (SSSR count). The summed E-state index contributed by atoms with van der Waals surface area (Å²) in [6.07, 6.45) is 0. The lowest BCUT2D eigenvalue weighted by Crippen LogP contribution is -2.24. The van der Waals surface area contributed by atoms with Gasteiger partial charge in [-0.3, -0.25) is 24.3 Å². The number of nitrogens with two attached hydrogens (primary N) is 1. The summed E-state index contributed by atoms with van der Waals surface area (Å²) in [5.74, 6) is -1.36. The second-order valence-corrected chi connectivity index (χ2v) is 6.93. The van der Waals surface area contributed by atoms with Gasteiger partial charge in [-0.25, -0.2) is 4.98 Å². The Balaban J connectivity index is 1.77. The molecule has 4 N–H and O–H groups in total. The van der Waals surface area contributed by atoms with Gasteiger partial charge in [-0.05, 0) is 24.3 Å². The molecule has 9 heteroatoms. The SMILES string of the molecule is Nc1c2c(cc(=O)n1-c1ccccc1-c1cc3nc(Cl)ccc3[nH]1)C(=O)NC2=O. The smallest absolute Gasteiger partial charge is 0.262 e. The van der Waals surface area contributed by atoms with Crippen LogP contribution in [0.4, 0.5) is 5.82 Å². The first kappa shape index (κ1) is 17.2. The molecule has 4 aromatic rings. The number of carbonyl (C=O) groups is 2. The van der Waals surface area contributed by atoms with Crippen molar-refractivity contribution in [3.8, 4) is 16.9 Å². The van der Waals surface area contributed by atoms with Crippen LogP contribution in [-0.2, 0) is 0 Å². The Bertz CT molecular complexity index is 1420. The van der Waals surface area contributed by atoms with Gasteiger partial charge in [-0.15, -0.1) is 0 Å². The number of H-pyrrole nitrogens is 1. The average Bonchev–Trinajstić information content (AvgIpc) is 3.22. The summed E-state index contributed by atoms with van der Waals surface area (Å²) in [4.78, 5) is 44.4. The summed E-state index contributed by atoms with van der Waals surface area (Å²) in [5.41, 5.74) is 8.90. The molecule has 4 heterocycles. The molecule has 0 unspecified atom stereocenters. The fourth-order valence-electron chi connectivity index (χ4n) is 3.55. The third kappa shape index (κ3) is 2.54. The lowest BCUT2D eigenvalue weighted by Gasteiger charge is -2.15. The molecular formula is C20H12ClN5O3. The lowest BCUT2D eigenvalue weighted by atomic mass is 10.1. The molecule has 3 aromatic heterocycles. The zero-order valence-electron chi connectivity index (χ0n) is 14.7. The Labute approximate surface area is 167 Å². The molecule has 0 bridgehead atoms. The van der Waals surface area contributed by atoms with Gasteiger partial charge in [0.05, 0.1) is 33.5 Å².